The van der Waals surface area contributed by atoms with Gasteiger partial charge in [0.15, 0.2) is 0 Å². The number of nitrogens with zero attached hydrogens (tertiary/aromatic N) is 4. The number of hydrogen-bond acceptors (Lipinski definition) is 4. The average molecular weight is 379 g/mol. The van der Waals surface area contributed by atoms with Crippen LogP contribution < -0.4 is 9.80 Å². The Hall–Kier alpha value is -2.04. The number of aryl methyl sites for hydroxylation is 2. The second-order valence-corrected chi connectivity index (χ2v) is 8.64. The van der Waals surface area contributed by atoms with Crippen molar-refractivity contribution in [2.24, 2.45) is 0 Å². The maximum absolute atomic E-state index is 2.54. The van der Waals surface area contributed by atoms with E-state index >= 15 is 0 Å². The number of anilines is 2. The van der Waals surface area contributed by atoms with Crippen LogP contribution in [0.1, 0.15) is 11.1 Å². The Morgan fingerprint density at radius 2 is 1.18 bits per heavy atom. The number of hydrogen-bond donors (Lipinski definition) is 0. The molecular formula is C24H34N4. The van der Waals surface area contributed by atoms with Gasteiger partial charge in [0.25, 0.3) is 0 Å². The molecule has 2 aromatic rings. The van der Waals surface area contributed by atoms with Gasteiger partial charge in [-0.1, -0.05) is 12.1 Å². The highest BCUT2D eigenvalue weighted by atomic mass is 15.3. The zero-order valence-electron chi connectivity index (χ0n) is 17.9. The van der Waals surface area contributed by atoms with E-state index in [9.17, 15) is 0 Å². The van der Waals surface area contributed by atoms with E-state index in [0.717, 1.165) is 52.4 Å². The van der Waals surface area contributed by atoms with Crippen LogP contribution in [-0.2, 0) is 0 Å². The Morgan fingerprint density at radius 1 is 0.607 bits per heavy atom. The van der Waals surface area contributed by atoms with Crippen LogP contribution >= 0.6 is 0 Å². The summed E-state index contributed by atoms with van der Waals surface area (Å²) in [6.45, 7) is 13.5. The molecule has 0 unspecified atom stereocenters. The van der Waals surface area contributed by atoms with Crippen LogP contribution in [0.5, 0.6) is 0 Å². The van der Waals surface area contributed by atoms with Gasteiger partial charge >= 0.3 is 0 Å². The molecule has 0 bridgehead atoms. The summed E-state index contributed by atoms with van der Waals surface area (Å²) in [6.07, 6.45) is 0. The minimum Gasteiger partial charge on any atom is -0.369 e. The summed E-state index contributed by atoms with van der Waals surface area (Å²) < 4.78 is 0. The number of likely N-dealkylation sites (N-methyl/N-ethyl adjacent to an activating group) is 2. The van der Waals surface area contributed by atoms with Crippen molar-refractivity contribution in [1.82, 2.24) is 9.80 Å². The molecule has 4 rings (SSSR count). The Kier molecular flexibility index (Phi) is 5.61. The quantitative estimate of drug-likeness (QED) is 0.811. The Morgan fingerprint density at radius 3 is 1.79 bits per heavy atom. The zero-order chi connectivity index (χ0) is 19.7. The Labute approximate surface area is 170 Å². The van der Waals surface area contributed by atoms with Crippen molar-refractivity contribution in [3.8, 4) is 11.1 Å². The lowest BCUT2D eigenvalue weighted by Gasteiger charge is -2.35. The maximum atomic E-state index is 2.54. The average Bonchev–Trinajstić information content (AvgIpc) is 2.69. The Bertz CT molecular complexity index is 815. The third-order valence-electron chi connectivity index (χ3n) is 6.33. The van der Waals surface area contributed by atoms with Crippen molar-refractivity contribution >= 4 is 11.4 Å². The molecule has 2 aliphatic heterocycles. The van der Waals surface area contributed by atoms with E-state index in [1.807, 2.05) is 0 Å². The molecule has 0 atom stereocenters. The molecular weight excluding hydrogens is 344 g/mol. The van der Waals surface area contributed by atoms with Crippen molar-refractivity contribution in [3.05, 3.63) is 47.5 Å². The molecule has 150 valence electrons. The van der Waals surface area contributed by atoms with Crippen molar-refractivity contribution < 1.29 is 0 Å². The van der Waals surface area contributed by atoms with Crippen LogP contribution in [-0.4, -0.2) is 76.3 Å². The monoisotopic (exact) mass is 378 g/mol. The van der Waals surface area contributed by atoms with E-state index in [4.69, 9.17) is 0 Å². The second-order valence-electron chi connectivity index (χ2n) is 8.64. The first kappa shape index (κ1) is 19.3. The summed E-state index contributed by atoms with van der Waals surface area (Å²) in [6, 6.07) is 14.1. The molecule has 0 aromatic heterocycles. The molecule has 2 aromatic carbocycles. The highest BCUT2D eigenvalue weighted by Crippen LogP contribution is 2.32. The van der Waals surface area contributed by atoms with Crippen LogP contribution in [0.2, 0.25) is 0 Å². The van der Waals surface area contributed by atoms with Gasteiger partial charge in [0.05, 0.1) is 0 Å². The lowest BCUT2D eigenvalue weighted by molar-refractivity contribution is 0.313. The largest absolute Gasteiger partial charge is 0.369 e. The fraction of sp³-hybridized carbons (Fsp3) is 0.500. The highest BCUT2D eigenvalue weighted by Gasteiger charge is 2.18. The molecule has 2 fully saturated rings. The van der Waals surface area contributed by atoms with Crippen LogP contribution in [0, 0.1) is 13.8 Å². The molecule has 0 N–H and O–H groups in total. The van der Waals surface area contributed by atoms with Gasteiger partial charge in [-0.25, -0.2) is 0 Å². The van der Waals surface area contributed by atoms with Gasteiger partial charge in [0, 0.05) is 63.7 Å². The van der Waals surface area contributed by atoms with Crippen molar-refractivity contribution in [1.29, 1.82) is 0 Å². The summed E-state index contributed by atoms with van der Waals surface area (Å²) in [5.41, 5.74) is 8.14. The first-order valence-electron chi connectivity index (χ1n) is 10.6. The summed E-state index contributed by atoms with van der Waals surface area (Å²) in [7, 11) is 4.43. The molecule has 0 radical (unpaired) electrons. The summed E-state index contributed by atoms with van der Waals surface area (Å²) in [4.78, 5) is 9.89. The van der Waals surface area contributed by atoms with Gasteiger partial charge in [-0.2, -0.15) is 0 Å². The smallest absolute Gasteiger partial charge is 0.0375 e. The summed E-state index contributed by atoms with van der Waals surface area (Å²) in [5.74, 6) is 0. The fourth-order valence-corrected chi connectivity index (χ4v) is 4.35. The number of benzene rings is 2. The van der Waals surface area contributed by atoms with Gasteiger partial charge in [-0.3, -0.25) is 0 Å². The molecule has 0 saturated carbocycles. The summed E-state index contributed by atoms with van der Waals surface area (Å²) >= 11 is 0. The molecule has 2 saturated heterocycles. The highest BCUT2D eigenvalue weighted by molar-refractivity contribution is 5.75. The lowest BCUT2D eigenvalue weighted by Crippen LogP contribution is -2.44. The van der Waals surface area contributed by atoms with E-state index in [-0.39, 0.29) is 0 Å². The first-order valence-corrected chi connectivity index (χ1v) is 10.6. The number of piperazine rings is 2. The minimum atomic E-state index is 1.11. The SMILES string of the molecule is Cc1cc(-c2cc(N3CCN(C)CC3)ccc2C)cc(N2CCN(C)CC2)c1. The van der Waals surface area contributed by atoms with E-state index in [2.05, 4.69) is 83.9 Å². The number of rotatable bonds is 3. The molecule has 2 heterocycles. The predicted molar refractivity (Wildman–Crippen MR) is 121 cm³/mol. The molecule has 28 heavy (non-hydrogen) atoms. The first-order chi connectivity index (χ1) is 13.5. The molecule has 2 aliphatic rings. The van der Waals surface area contributed by atoms with Crippen molar-refractivity contribution in [2.45, 2.75) is 13.8 Å². The third kappa shape index (κ3) is 4.18. The van der Waals surface area contributed by atoms with Gasteiger partial charge < -0.3 is 19.6 Å². The zero-order valence-corrected chi connectivity index (χ0v) is 17.9. The molecule has 4 heteroatoms. The van der Waals surface area contributed by atoms with Gasteiger partial charge in [0.1, 0.15) is 0 Å². The fourth-order valence-electron chi connectivity index (χ4n) is 4.35. The standard InChI is InChI=1S/C24H34N4/c1-19-15-21(17-23(16-19)28-13-9-26(4)10-14-28)24-18-22(6-5-20(24)2)27-11-7-25(3)8-12-27/h5-6,15-18H,7-14H2,1-4H3. The van der Waals surface area contributed by atoms with Crippen LogP contribution in [0.25, 0.3) is 11.1 Å². The normalized spacial score (nSPS) is 19.3. The topological polar surface area (TPSA) is 13.0 Å². The third-order valence-corrected chi connectivity index (χ3v) is 6.33. The van der Waals surface area contributed by atoms with E-state index in [1.165, 1.54) is 33.6 Å². The maximum Gasteiger partial charge on any atom is 0.0375 e. The van der Waals surface area contributed by atoms with E-state index in [0.29, 0.717) is 0 Å². The van der Waals surface area contributed by atoms with Gasteiger partial charge in [-0.15, -0.1) is 0 Å². The summed E-state index contributed by atoms with van der Waals surface area (Å²) in [5, 5.41) is 0. The molecule has 0 amide bonds. The van der Waals surface area contributed by atoms with E-state index in [1.54, 1.807) is 0 Å². The van der Waals surface area contributed by atoms with Crippen molar-refractivity contribution in [3.63, 3.8) is 0 Å². The van der Waals surface area contributed by atoms with Crippen LogP contribution in [0.4, 0.5) is 11.4 Å². The van der Waals surface area contributed by atoms with Crippen LogP contribution in [0.15, 0.2) is 36.4 Å². The molecule has 0 aliphatic carbocycles. The van der Waals surface area contributed by atoms with Crippen molar-refractivity contribution in [2.75, 3.05) is 76.3 Å². The minimum absolute atomic E-state index is 1.11. The van der Waals surface area contributed by atoms with Gasteiger partial charge in [-0.05, 0) is 74.5 Å². The molecule has 0 spiro atoms. The predicted octanol–water partition coefficient (Wildman–Crippen LogP) is 3.47. The Balaban J connectivity index is 1.64. The second kappa shape index (κ2) is 8.14. The lowest BCUT2D eigenvalue weighted by atomic mass is 9.97. The van der Waals surface area contributed by atoms with E-state index < -0.39 is 0 Å². The van der Waals surface area contributed by atoms with Crippen LogP contribution in [0.3, 0.4) is 0 Å². The molecule has 4 nitrogen and oxygen atoms in total. The van der Waals surface area contributed by atoms with Gasteiger partial charge in [0.2, 0.25) is 0 Å².